The number of hydrogen-bond donors (Lipinski definition) is 3. The smallest absolute Gasteiger partial charge is 0.317 e. The number of amides is 3. The molecule has 172 valence electrons. The van der Waals surface area contributed by atoms with Gasteiger partial charge in [0, 0.05) is 43.5 Å². The van der Waals surface area contributed by atoms with Crippen LogP contribution in [0.15, 0.2) is 60.7 Å². The van der Waals surface area contributed by atoms with Crippen molar-refractivity contribution in [3.63, 3.8) is 0 Å². The number of benzene rings is 2. The van der Waals surface area contributed by atoms with Gasteiger partial charge in [-0.15, -0.1) is 0 Å². The molecule has 0 atom stereocenters. The molecule has 2 aromatic rings. The first-order chi connectivity index (χ1) is 15.7. The largest absolute Gasteiger partial charge is 0.338 e. The monoisotopic (exact) mass is 438 g/mol. The van der Waals surface area contributed by atoms with E-state index in [4.69, 9.17) is 5.21 Å². The van der Waals surface area contributed by atoms with Gasteiger partial charge >= 0.3 is 6.03 Å². The van der Waals surface area contributed by atoms with E-state index in [0.29, 0.717) is 19.0 Å². The molecule has 1 saturated heterocycles. The number of anilines is 2. The van der Waals surface area contributed by atoms with Crippen LogP contribution in [0.5, 0.6) is 0 Å². The van der Waals surface area contributed by atoms with Crippen LogP contribution >= 0.6 is 0 Å². The van der Waals surface area contributed by atoms with E-state index in [1.54, 1.807) is 5.48 Å². The molecule has 7 heteroatoms. The van der Waals surface area contributed by atoms with E-state index >= 15 is 0 Å². The van der Waals surface area contributed by atoms with Crippen molar-refractivity contribution in [1.29, 1.82) is 0 Å². The van der Waals surface area contributed by atoms with E-state index in [9.17, 15) is 9.59 Å². The summed E-state index contributed by atoms with van der Waals surface area (Å²) in [6.45, 7) is 2.12. The second-order valence-electron chi connectivity index (χ2n) is 8.19. The predicted molar refractivity (Wildman–Crippen MR) is 126 cm³/mol. The Balaban J connectivity index is 1.43. The summed E-state index contributed by atoms with van der Waals surface area (Å²) in [5, 5.41) is 11.5. The van der Waals surface area contributed by atoms with Gasteiger partial charge in [0.05, 0.1) is 0 Å². The van der Waals surface area contributed by atoms with Gasteiger partial charge in [-0.3, -0.25) is 10.0 Å². The van der Waals surface area contributed by atoms with E-state index in [0.717, 1.165) is 51.6 Å². The maximum Gasteiger partial charge on any atom is 0.317 e. The number of nitrogens with one attached hydrogen (secondary N) is 2. The lowest BCUT2D eigenvalue weighted by Crippen LogP contribution is -2.48. The fourth-order valence-electron chi connectivity index (χ4n) is 4.20. The summed E-state index contributed by atoms with van der Waals surface area (Å²) in [5.41, 5.74) is 4.00. The Morgan fingerprint density at radius 3 is 2.00 bits per heavy atom. The van der Waals surface area contributed by atoms with Crippen LogP contribution in [0.25, 0.3) is 0 Å². The number of rotatable bonds is 10. The predicted octanol–water partition coefficient (Wildman–Crippen LogP) is 4.45. The van der Waals surface area contributed by atoms with Crippen LogP contribution < -0.4 is 15.7 Å². The van der Waals surface area contributed by atoms with Crippen molar-refractivity contribution in [1.82, 2.24) is 15.7 Å². The molecule has 0 spiro atoms. The first kappa shape index (κ1) is 23.6. The number of carbonyl (C=O) groups is 2. The third kappa shape index (κ3) is 6.99. The first-order valence-corrected chi connectivity index (χ1v) is 11.5. The van der Waals surface area contributed by atoms with Gasteiger partial charge in [0.25, 0.3) is 0 Å². The normalized spacial score (nSPS) is 14.1. The molecule has 0 bridgehead atoms. The van der Waals surface area contributed by atoms with Gasteiger partial charge in [-0.1, -0.05) is 49.2 Å². The van der Waals surface area contributed by atoms with Crippen molar-refractivity contribution in [3.05, 3.63) is 60.7 Å². The minimum Gasteiger partial charge on any atom is -0.338 e. The molecule has 3 amide bonds. The van der Waals surface area contributed by atoms with Crippen LogP contribution in [0, 0.1) is 0 Å². The Kier molecular flexibility index (Phi) is 9.37. The highest BCUT2D eigenvalue weighted by molar-refractivity contribution is 5.74. The topological polar surface area (TPSA) is 84.9 Å². The summed E-state index contributed by atoms with van der Waals surface area (Å²) in [5.74, 6) is -0.347. The van der Waals surface area contributed by atoms with Gasteiger partial charge < -0.3 is 15.1 Å². The van der Waals surface area contributed by atoms with Crippen molar-refractivity contribution in [2.75, 3.05) is 24.5 Å². The van der Waals surface area contributed by atoms with E-state index in [2.05, 4.69) is 58.7 Å². The lowest BCUT2D eigenvalue weighted by atomic mass is 10.0. The van der Waals surface area contributed by atoms with Crippen molar-refractivity contribution in [2.45, 2.75) is 51.0 Å². The molecule has 0 radical (unpaired) electrons. The van der Waals surface area contributed by atoms with E-state index in [1.807, 2.05) is 17.0 Å². The maximum absolute atomic E-state index is 12.6. The molecule has 32 heavy (non-hydrogen) atoms. The Bertz CT molecular complexity index is 784. The molecular weight excluding hydrogens is 404 g/mol. The van der Waals surface area contributed by atoms with Crippen LogP contribution in [0.2, 0.25) is 0 Å². The second-order valence-corrected chi connectivity index (χ2v) is 8.19. The highest BCUT2D eigenvalue weighted by Gasteiger charge is 2.27. The van der Waals surface area contributed by atoms with Crippen molar-refractivity contribution in [2.24, 2.45) is 0 Å². The number of nitrogens with zero attached hydrogens (tertiary/aromatic N) is 2. The number of hydroxylamine groups is 1. The Labute approximate surface area is 190 Å². The molecule has 2 aromatic carbocycles. The summed E-state index contributed by atoms with van der Waals surface area (Å²) in [7, 11) is 0. The molecule has 1 fully saturated rings. The average Bonchev–Trinajstić information content (AvgIpc) is 2.85. The summed E-state index contributed by atoms with van der Waals surface area (Å²) < 4.78 is 0. The number of para-hydroxylation sites is 2. The van der Waals surface area contributed by atoms with Crippen molar-refractivity contribution >= 4 is 23.3 Å². The van der Waals surface area contributed by atoms with Crippen molar-refractivity contribution < 1.29 is 14.8 Å². The molecule has 0 saturated carbocycles. The van der Waals surface area contributed by atoms with Gasteiger partial charge in [-0.25, -0.2) is 10.3 Å². The Morgan fingerprint density at radius 2 is 1.44 bits per heavy atom. The summed E-state index contributed by atoms with van der Waals surface area (Å²) >= 11 is 0. The Hall–Kier alpha value is -3.06. The van der Waals surface area contributed by atoms with E-state index in [1.165, 1.54) is 11.4 Å². The van der Waals surface area contributed by atoms with Gasteiger partial charge in [0.2, 0.25) is 5.91 Å². The Morgan fingerprint density at radius 1 is 0.875 bits per heavy atom. The zero-order chi connectivity index (χ0) is 22.6. The number of likely N-dealkylation sites (tertiary alicyclic amines) is 1. The summed E-state index contributed by atoms with van der Waals surface area (Å²) in [6.07, 6.45) is 5.66. The lowest BCUT2D eigenvalue weighted by molar-refractivity contribution is -0.129. The summed E-state index contributed by atoms with van der Waals surface area (Å²) in [6, 6.07) is 21.2. The number of hydrogen-bond acceptors (Lipinski definition) is 4. The van der Waals surface area contributed by atoms with Crippen LogP contribution in [0.1, 0.15) is 44.9 Å². The van der Waals surface area contributed by atoms with Gasteiger partial charge in [-0.05, 0) is 49.9 Å². The number of piperidine rings is 1. The molecule has 0 unspecified atom stereocenters. The van der Waals surface area contributed by atoms with Gasteiger partial charge in [-0.2, -0.15) is 0 Å². The highest BCUT2D eigenvalue weighted by Crippen LogP contribution is 2.31. The number of carbonyl (C=O) groups excluding carboxylic acids is 2. The molecular formula is C25H34N4O3. The fraction of sp³-hybridized carbons (Fsp3) is 0.440. The standard InChI is InChI=1S/C25H34N4O3/c30-24(27-32)15-9-1-2-10-18-26-25(31)28-19-16-23(17-20-28)29(21-11-5-3-6-12-21)22-13-7-4-8-14-22/h3-8,11-14,23,32H,1-2,9-10,15-20H2,(H,26,31)(H,27,30). The highest BCUT2D eigenvalue weighted by atomic mass is 16.5. The maximum atomic E-state index is 12.6. The van der Waals surface area contributed by atoms with Crippen LogP contribution in [-0.4, -0.2) is 47.7 Å². The molecule has 7 nitrogen and oxygen atoms in total. The van der Waals surface area contributed by atoms with E-state index < -0.39 is 0 Å². The molecule has 0 aliphatic carbocycles. The summed E-state index contributed by atoms with van der Waals surface area (Å²) in [4.78, 5) is 27.8. The van der Waals surface area contributed by atoms with Gasteiger partial charge in [0.15, 0.2) is 0 Å². The molecule has 3 N–H and O–H groups in total. The van der Waals surface area contributed by atoms with Gasteiger partial charge in [0.1, 0.15) is 0 Å². The van der Waals surface area contributed by atoms with Crippen LogP contribution in [0.3, 0.4) is 0 Å². The van der Waals surface area contributed by atoms with Crippen LogP contribution in [0.4, 0.5) is 16.2 Å². The molecule has 1 heterocycles. The quantitative estimate of drug-likeness (QED) is 0.291. The average molecular weight is 439 g/mol. The minimum absolute atomic E-state index is 0.00841. The lowest BCUT2D eigenvalue weighted by Gasteiger charge is -2.39. The van der Waals surface area contributed by atoms with Crippen molar-refractivity contribution in [3.8, 4) is 0 Å². The first-order valence-electron chi connectivity index (χ1n) is 11.5. The number of urea groups is 1. The van der Waals surface area contributed by atoms with E-state index in [-0.39, 0.29) is 11.9 Å². The zero-order valence-corrected chi connectivity index (χ0v) is 18.6. The second kappa shape index (κ2) is 12.7. The third-order valence-corrected chi connectivity index (χ3v) is 5.92. The third-order valence-electron chi connectivity index (χ3n) is 5.92. The fourth-order valence-corrected chi connectivity index (χ4v) is 4.20. The minimum atomic E-state index is -0.347. The molecule has 1 aliphatic rings. The SMILES string of the molecule is O=C(CCCCCCNC(=O)N1CCC(N(c2ccccc2)c2ccccc2)CC1)NO. The van der Waals surface area contributed by atoms with Crippen LogP contribution in [-0.2, 0) is 4.79 Å². The molecule has 1 aliphatic heterocycles. The number of unbranched alkanes of at least 4 members (excludes halogenated alkanes) is 3. The zero-order valence-electron chi connectivity index (χ0n) is 18.6. The molecule has 0 aromatic heterocycles. The molecule has 3 rings (SSSR count).